The van der Waals surface area contributed by atoms with Gasteiger partial charge in [-0.15, -0.1) is 0 Å². The topological polar surface area (TPSA) is 49.4 Å². The first kappa shape index (κ1) is 19.3. The van der Waals surface area contributed by atoms with Crippen LogP contribution in [0.2, 0.25) is 0 Å². The molecule has 1 aliphatic rings. The Balaban J connectivity index is 1.56. The van der Waals surface area contributed by atoms with Gasteiger partial charge in [0.1, 0.15) is 0 Å². The summed E-state index contributed by atoms with van der Waals surface area (Å²) in [5.41, 5.74) is 5.47. The number of nitrogens with zero attached hydrogens (tertiary/aromatic N) is 1. The van der Waals surface area contributed by atoms with Crippen LogP contribution in [-0.2, 0) is 23.2 Å². The summed E-state index contributed by atoms with van der Waals surface area (Å²) in [5, 5.41) is 0. The van der Waals surface area contributed by atoms with Gasteiger partial charge in [-0.05, 0) is 48.7 Å². The van der Waals surface area contributed by atoms with E-state index in [-0.39, 0.29) is 0 Å². The molecule has 1 heterocycles. The Labute approximate surface area is 172 Å². The summed E-state index contributed by atoms with van der Waals surface area (Å²) in [7, 11) is -3.67. The molecule has 0 atom stereocenters. The van der Waals surface area contributed by atoms with Gasteiger partial charge in [0.25, 0.3) is 0 Å². The third-order valence-electron chi connectivity index (χ3n) is 4.99. The van der Waals surface area contributed by atoms with E-state index in [1.165, 1.54) is 15.4 Å². The normalized spacial score (nSPS) is 13.8. The van der Waals surface area contributed by atoms with Gasteiger partial charge in [-0.3, -0.25) is 4.72 Å². The molecule has 3 aromatic carbocycles. The fourth-order valence-corrected chi connectivity index (χ4v) is 4.56. The molecular weight excluding hydrogens is 380 g/mol. The third kappa shape index (κ3) is 4.51. The van der Waals surface area contributed by atoms with Crippen molar-refractivity contribution < 1.29 is 8.42 Å². The molecule has 0 unspecified atom stereocenters. The fraction of sp³-hybridized carbons (Fsp3) is 0.167. The highest BCUT2D eigenvalue weighted by Crippen LogP contribution is 2.23. The summed E-state index contributed by atoms with van der Waals surface area (Å²) < 4.78 is 30.2. The maximum atomic E-state index is 13.0. The molecule has 0 bridgehead atoms. The summed E-state index contributed by atoms with van der Waals surface area (Å²) in [6.07, 6.45) is 0.714. The van der Waals surface area contributed by atoms with Gasteiger partial charge in [0.05, 0.1) is 5.69 Å². The zero-order chi connectivity index (χ0) is 20.3. The fourth-order valence-electron chi connectivity index (χ4n) is 3.34. The molecule has 0 aromatic heterocycles. The number of hydrogen-bond donors (Lipinski definition) is 1. The molecule has 0 saturated carbocycles. The van der Waals surface area contributed by atoms with E-state index in [1.807, 2.05) is 61.5 Å². The minimum absolute atomic E-state index is 0.378. The number of aryl methyl sites for hydroxylation is 1. The molecule has 4 nitrogen and oxygen atoms in total. The van der Waals surface area contributed by atoms with E-state index in [4.69, 9.17) is 0 Å². The van der Waals surface area contributed by atoms with E-state index in [9.17, 15) is 8.42 Å². The minimum Gasteiger partial charge on any atom is -0.270 e. The van der Waals surface area contributed by atoms with Gasteiger partial charge in [0.2, 0.25) is 0 Å². The Morgan fingerprint density at radius 3 is 2.34 bits per heavy atom. The molecule has 0 radical (unpaired) electrons. The van der Waals surface area contributed by atoms with E-state index in [2.05, 4.69) is 22.6 Å². The first-order valence-corrected chi connectivity index (χ1v) is 11.0. The van der Waals surface area contributed by atoms with E-state index in [1.54, 1.807) is 12.1 Å². The maximum Gasteiger partial charge on any atom is 0.301 e. The van der Waals surface area contributed by atoms with Crippen molar-refractivity contribution in [3.8, 4) is 11.8 Å². The molecule has 0 aliphatic carbocycles. The Morgan fingerprint density at radius 1 is 0.862 bits per heavy atom. The van der Waals surface area contributed by atoms with Crippen LogP contribution in [0.4, 0.5) is 5.69 Å². The van der Waals surface area contributed by atoms with E-state index in [0.717, 1.165) is 11.1 Å². The summed E-state index contributed by atoms with van der Waals surface area (Å²) in [5.74, 6) is 6.20. The lowest BCUT2D eigenvalue weighted by molar-refractivity contribution is 0.394. The molecule has 5 heteroatoms. The van der Waals surface area contributed by atoms with Gasteiger partial charge in [0, 0.05) is 24.2 Å². The van der Waals surface area contributed by atoms with Crippen molar-refractivity contribution in [1.29, 1.82) is 0 Å². The quantitative estimate of drug-likeness (QED) is 0.671. The van der Waals surface area contributed by atoms with Crippen LogP contribution in [0, 0.1) is 18.8 Å². The van der Waals surface area contributed by atoms with Crippen LogP contribution in [0.1, 0.15) is 27.8 Å². The third-order valence-corrected chi connectivity index (χ3v) is 6.46. The van der Waals surface area contributed by atoms with Gasteiger partial charge in [-0.25, -0.2) is 0 Å². The number of benzene rings is 3. The molecule has 4 rings (SSSR count). The van der Waals surface area contributed by atoms with Crippen LogP contribution in [0.5, 0.6) is 0 Å². The van der Waals surface area contributed by atoms with E-state index < -0.39 is 10.2 Å². The Kier molecular flexibility index (Phi) is 5.39. The molecule has 1 aliphatic heterocycles. The minimum atomic E-state index is -3.67. The number of hydrogen-bond acceptors (Lipinski definition) is 2. The van der Waals surface area contributed by atoms with E-state index >= 15 is 0 Å². The zero-order valence-electron chi connectivity index (χ0n) is 16.2. The predicted octanol–water partition coefficient (Wildman–Crippen LogP) is 4.11. The van der Waals surface area contributed by atoms with Crippen molar-refractivity contribution in [3.63, 3.8) is 0 Å². The smallest absolute Gasteiger partial charge is 0.270 e. The van der Waals surface area contributed by atoms with Gasteiger partial charge >= 0.3 is 10.2 Å². The molecule has 1 N–H and O–H groups in total. The zero-order valence-corrected chi connectivity index (χ0v) is 17.0. The second kappa shape index (κ2) is 8.12. The summed E-state index contributed by atoms with van der Waals surface area (Å²) >= 11 is 0. The van der Waals surface area contributed by atoms with Crippen LogP contribution in [0.15, 0.2) is 72.8 Å². The van der Waals surface area contributed by atoms with Gasteiger partial charge in [-0.2, -0.15) is 12.7 Å². The van der Waals surface area contributed by atoms with Crippen molar-refractivity contribution >= 4 is 15.9 Å². The highest BCUT2D eigenvalue weighted by atomic mass is 32.2. The Morgan fingerprint density at radius 2 is 1.55 bits per heavy atom. The number of anilines is 1. The first-order valence-electron chi connectivity index (χ1n) is 9.54. The van der Waals surface area contributed by atoms with Crippen molar-refractivity contribution in [2.24, 2.45) is 0 Å². The van der Waals surface area contributed by atoms with Crippen molar-refractivity contribution in [2.75, 3.05) is 11.3 Å². The number of nitrogens with one attached hydrogen (secondary N) is 1. The second-order valence-electron chi connectivity index (χ2n) is 7.12. The number of fused-ring (bicyclic) bond motifs is 1. The Hall–Kier alpha value is -3.07. The second-order valence-corrected chi connectivity index (χ2v) is 8.79. The molecule has 146 valence electrons. The first-order chi connectivity index (χ1) is 14.0. The summed E-state index contributed by atoms with van der Waals surface area (Å²) in [4.78, 5) is 0. The number of rotatable bonds is 3. The van der Waals surface area contributed by atoms with Crippen LogP contribution >= 0.6 is 0 Å². The van der Waals surface area contributed by atoms with Gasteiger partial charge in [0.15, 0.2) is 0 Å². The Bertz CT molecular complexity index is 1190. The molecule has 3 aromatic rings. The molecule has 0 amide bonds. The average Bonchev–Trinajstić information content (AvgIpc) is 2.74. The predicted molar refractivity (Wildman–Crippen MR) is 117 cm³/mol. The molecule has 0 saturated heterocycles. The monoisotopic (exact) mass is 402 g/mol. The van der Waals surface area contributed by atoms with Crippen molar-refractivity contribution in [3.05, 3.63) is 101 Å². The van der Waals surface area contributed by atoms with Crippen LogP contribution in [0.3, 0.4) is 0 Å². The van der Waals surface area contributed by atoms with Crippen LogP contribution in [0.25, 0.3) is 0 Å². The molecule has 29 heavy (non-hydrogen) atoms. The standard InChI is InChI=1S/C24H22N2O2S/c1-19-10-12-20(13-11-19)14-15-22-7-4-5-9-24(22)25-29(27,28)26-17-16-21-6-2-3-8-23(21)18-26/h2-13,25H,16-18H2,1H3. The van der Waals surface area contributed by atoms with Crippen LogP contribution < -0.4 is 4.72 Å². The largest absolute Gasteiger partial charge is 0.301 e. The lowest BCUT2D eigenvalue weighted by Crippen LogP contribution is -2.39. The molecule has 0 fully saturated rings. The van der Waals surface area contributed by atoms with Crippen molar-refractivity contribution in [1.82, 2.24) is 4.31 Å². The molecule has 0 spiro atoms. The highest BCUT2D eigenvalue weighted by Gasteiger charge is 2.26. The highest BCUT2D eigenvalue weighted by molar-refractivity contribution is 7.90. The van der Waals surface area contributed by atoms with Crippen LogP contribution in [-0.4, -0.2) is 19.3 Å². The molecular formula is C24H22N2O2S. The number of para-hydroxylation sites is 1. The summed E-state index contributed by atoms with van der Waals surface area (Å²) in [6.45, 7) is 2.87. The lowest BCUT2D eigenvalue weighted by Gasteiger charge is -2.28. The van der Waals surface area contributed by atoms with Crippen molar-refractivity contribution in [2.45, 2.75) is 19.9 Å². The van der Waals surface area contributed by atoms with Gasteiger partial charge < -0.3 is 0 Å². The SMILES string of the molecule is Cc1ccc(C#Cc2ccccc2NS(=O)(=O)N2CCc3ccccc3C2)cc1. The maximum absolute atomic E-state index is 13.0. The van der Waals surface area contributed by atoms with E-state index in [0.29, 0.717) is 30.8 Å². The lowest BCUT2D eigenvalue weighted by atomic mass is 10.0. The summed E-state index contributed by atoms with van der Waals surface area (Å²) in [6, 6.07) is 23.1. The van der Waals surface area contributed by atoms with Gasteiger partial charge in [-0.1, -0.05) is 65.9 Å². The average molecular weight is 403 g/mol.